The number of nitrogens with zero attached hydrogens (tertiary/aromatic N) is 1. The Morgan fingerprint density at radius 2 is 2.37 bits per heavy atom. The van der Waals surface area contributed by atoms with Gasteiger partial charge in [-0.1, -0.05) is 29.8 Å². The van der Waals surface area contributed by atoms with E-state index in [1.807, 2.05) is 7.05 Å². The third-order valence-electron chi connectivity index (χ3n) is 3.40. The van der Waals surface area contributed by atoms with Crippen molar-refractivity contribution in [1.82, 2.24) is 10.2 Å². The first-order valence-corrected chi connectivity index (χ1v) is 6.79. The van der Waals surface area contributed by atoms with Crippen LogP contribution in [-0.4, -0.2) is 50.2 Å². The Hall–Kier alpha value is -1.39. The van der Waals surface area contributed by atoms with Crippen molar-refractivity contribution < 1.29 is 9.53 Å². The first-order chi connectivity index (χ1) is 9.16. The fourth-order valence-corrected chi connectivity index (χ4v) is 2.24. The van der Waals surface area contributed by atoms with E-state index in [2.05, 4.69) is 36.5 Å². The molecule has 19 heavy (non-hydrogen) atoms. The Bertz CT molecular complexity index is 428. The Balaban J connectivity index is 1.83. The highest BCUT2D eigenvalue weighted by molar-refractivity contribution is 5.81. The predicted molar refractivity (Wildman–Crippen MR) is 75.1 cm³/mol. The monoisotopic (exact) mass is 262 g/mol. The van der Waals surface area contributed by atoms with Crippen LogP contribution in [0.15, 0.2) is 24.3 Å². The summed E-state index contributed by atoms with van der Waals surface area (Å²) in [4.78, 5) is 13.9. The van der Waals surface area contributed by atoms with E-state index in [9.17, 15) is 4.79 Å². The summed E-state index contributed by atoms with van der Waals surface area (Å²) >= 11 is 0. The molecule has 1 amide bonds. The van der Waals surface area contributed by atoms with Gasteiger partial charge in [0.05, 0.1) is 6.61 Å². The van der Waals surface area contributed by atoms with Crippen LogP contribution in [0, 0.1) is 6.92 Å². The number of hydrogen-bond acceptors (Lipinski definition) is 3. The maximum absolute atomic E-state index is 12.1. The lowest BCUT2D eigenvalue weighted by Crippen LogP contribution is -2.48. The van der Waals surface area contributed by atoms with E-state index in [1.54, 1.807) is 4.90 Å². The zero-order chi connectivity index (χ0) is 13.7. The number of morpholine rings is 1. The third kappa shape index (κ3) is 4.04. The van der Waals surface area contributed by atoms with Crippen molar-refractivity contribution in [2.75, 3.05) is 33.3 Å². The summed E-state index contributed by atoms with van der Waals surface area (Å²) in [5.74, 6) is 0.0693. The van der Waals surface area contributed by atoms with Crippen LogP contribution in [0.2, 0.25) is 0 Å². The number of nitrogens with one attached hydrogen (secondary N) is 1. The third-order valence-corrected chi connectivity index (χ3v) is 3.40. The molecule has 1 aliphatic heterocycles. The van der Waals surface area contributed by atoms with Crippen molar-refractivity contribution >= 4 is 5.91 Å². The number of likely N-dealkylation sites (N-methyl/N-ethyl adjacent to an activating group) is 1. The zero-order valence-electron chi connectivity index (χ0n) is 11.7. The number of carbonyl (C=O) groups is 1. The summed E-state index contributed by atoms with van der Waals surface area (Å²) in [6.45, 7) is 4.87. The smallest absolute Gasteiger partial charge is 0.252 e. The van der Waals surface area contributed by atoms with E-state index >= 15 is 0 Å². The van der Waals surface area contributed by atoms with E-state index < -0.39 is 0 Å². The van der Waals surface area contributed by atoms with E-state index in [1.165, 1.54) is 11.1 Å². The van der Waals surface area contributed by atoms with Crippen LogP contribution in [0.5, 0.6) is 0 Å². The number of hydrogen-bond donors (Lipinski definition) is 1. The Kier molecular flexibility index (Phi) is 4.93. The van der Waals surface area contributed by atoms with Gasteiger partial charge in [0.25, 0.3) is 5.91 Å². The van der Waals surface area contributed by atoms with Crippen molar-refractivity contribution in [2.24, 2.45) is 0 Å². The molecule has 1 aliphatic rings. The highest BCUT2D eigenvalue weighted by Gasteiger charge is 2.24. The number of aryl methyl sites for hydroxylation is 1. The highest BCUT2D eigenvalue weighted by Crippen LogP contribution is 2.07. The molecule has 0 bridgehead atoms. The van der Waals surface area contributed by atoms with Crippen LogP contribution < -0.4 is 5.32 Å². The van der Waals surface area contributed by atoms with Crippen LogP contribution >= 0.6 is 0 Å². The topological polar surface area (TPSA) is 41.6 Å². The van der Waals surface area contributed by atoms with Gasteiger partial charge in [0, 0.05) is 26.7 Å². The second kappa shape index (κ2) is 6.68. The second-order valence-corrected chi connectivity index (χ2v) is 5.06. The van der Waals surface area contributed by atoms with Gasteiger partial charge in [0.1, 0.15) is 6.10 Å². The summed E-state index contributed by atoms with van der Waals surface area (Å²) in [7, 11) is 1.84. The standard InChI is InChI=1S/C15H22N2O2/c1-12-4-3-5-13(10-12)6-8-17(2)15(18)14-11-16-7-9-19-14/h3-5,10,14,16H,6-9,11H2,1-2H3. The molecular formula is C15H22N2O2. The minimum Gasteiger partial charge on any atom is -0.366 e. The SMILES string of the molecule is Cc1cccc(CCN(C)C(=O)C2CNCCO2)c1. The van der Waals surface area contributed by atoms with E-state index in [4.69, 9.17) is 4.74 Å². The molecule has 1 aromatic carbocycles. The van der Waals surface area contributed by atoms with E-state index in [-0.39, 0.29) is 12.0 Å². The molecule has 0 spiro atoms. The molecule has 0 aromatic heterocycles. The van der Waals surface area contributed by atoms with Crippen LogP contribution in [0.25, 0.3) is 0 Å². The van der Waals surface area contributed by atoms with Gasteiger partial charge in [-0.25, -0.2) is 0 Å². The first-order valence-electron chi connectivity index (χ1n) is 6.79. The lowest BCUT2D eigenvalue weighted by atomic mass is 10.1. The molecule has 1 saturated heterocycles. The van der Waals surface area contributed by atoms with E-state index in [0.29, 0.717) is 13.2 Å². The van der Waals surface area contributed by atoms with Crippen molar-refractivity contribution in [3.8, 4) is 0 Å². The molecule has 1 heterocycles. The van der Waals surface area contributed by atoms with Gasteiger partial charge >= 0.3 is 0 Å². The molecule has 1 N–H and O–H groups in total. The average Bonchev–Trinajstić information content (AvgIpc) is 2.45. The van der Waals surface area contributed by atoms with Crippen molar-refractivity contribution in [3.63, 3.8) is 0 Å². The van der Waals surface area contributed by atoms with Crippen molar-refractivity contribution in [3.05, 3.63) is 35.4 Å². The molecule has 1 fully saturated rings. The minimum atomic E-state index is -0.323. The molecule has 0 saturated carbocycles. The highest BCUT2D eigenvalue weighted by atomic mass is 16.5. The average molecular weight is 262 g/mol. The van der Waals surface area contributed by atoms with Gasteiger partial charge in [-0.05, 0) is 18.9 Å². The maximum atomic E-state index is 12.1. The maximum Gasteiger partial charge on any atom is 0.252 e. The number of rotatable bonds is 4. The van der Waals surface area contributed by atoms with Crippen LogP contribution in [0.4, 0.5) is 0 Å². The van der Waals surface area contributed by atoms with Gasteiger partial charge in [0.2, 0.25) is 0 Å². The minimum absolute atomic E-state index is 0.0693. The lowest BCUT2D eigenvalue weighted by Gasteiger charge is -2.27. The summed E-state index contributed by atoms with van der Waals surface area (Å²) < 4.78 is 5.48. The predicted octanol–water partition coefficient (Wildman–Crippen LogP) is 0.984. The number of amides is 1. The largest absolute Gasteiger partial charge is 0.366 e. The quantitative estimate of drug-likeness (QED) is 0.879. The Labute approximate surface area is 114 Å². The van der Waals surface area contributed by atoms with Gasteiger partial charge < -0.3 is 15.0 Å². The lowest BCUT2D eigenvalue weighted by molar-refractivity contribution is -0.143. The molecule has 0 aliphatic carbocycles. The number of carbonyl (C=O) groups excluding carboxylic acids is 1. The van der Waals surface area contributed by atoms with Gasteiger partial charge in [-0.3, -0.25) is 4.79 Å². The fraction of sp³-hybridized carbons (Fsp3) is 0.533. The Morgan fingerprint density at radius 3 is 3.05 bits per heavy atom. The molecule has 1 unspecified atom stereocenters. The fourth-order valence-electron chi connectivity index (χ4n) is 2.24. The normalized spacial score (nSPS) is 19.2. The molecule has 2 rings (SSSR count). The molecule has 104 valence electrons. The molecule has 4 heteroatoms. The van der Waals surface area contributed by atoms with Gasteiger partial charge in [-0.2, -0.15) is 0 Å². The molecule has 4 nitrogen and oxygen atoms in total. The Morgan fingerprint density at radius 1 is 1.53 bits per heavy atom. The number of ether oxygens (including phenoxy) is 1. The molecular weight excluding hydrogens is 240 g/mol. The molecule has 1 aromatic rings. The second-order valence-electron chi connectivity index (χ2n) is 5.06. The summed E-state index contributed by atoms with van der Waals surface area (Å²) in [5, 5.41) is 3.18. The van der Waals surface area contributed by atoms with Crippen LogP contribution in [-0.2, 0) is 16.0 Å². The summed E-state index contributed by atoms with van der Waals surface area (Å²) in [5.41, 5.74) is 2.52. The van der Waals surface area contributed by atoms with Gasteiger partial charge in [0.15, 0.2) is 0 Å². The van der Waals surface area contributed by atoms with Crippen LogP contribution in [0.3, 0.4) is 0 Å². The van der Waals surface area contributed by atoms with Crippen molar-refractivity contribution in [2.45, 2.75) is 19.4 Å². The summed E-state index contributed by atoms with van der Waals surface area (Å²) in [6, 6.07) is 8.40. The van der Waals surface area contributed by atoms with Crippen molar-refractivity contribution in [1.29, 1.82) is 0 Å². The van der Waals surface area contributed by atoms with Gasteiger partial charge in [-0.15, -0.1) is 0 Å². The number of benzene rings is 1. The molecule has 0 radical (unpaired) electrons. The zero-order valence-corrected chi connectivity index (χ0v) is 11.7. The molecule has 1 atom stereocenters. The van der Waals surface area contributed by atoms with Crippen LogP contribution in [0.1, 0.15) is 11.1 Å². The van der Waals surface area contributed by atoms with E-state index in [0.717, 1.165) is 19.5 Å². The summed E-state index contributed by atoms with van der Waals surface area (Å²) in [6.07, 6.45) is 0.556. The first kappa shape index (κ1) is 14.0.